The van der Waals surface area contributed by atoms with Crippen molar-refractivity contribution in [3.05, 3.63) is 83.9 Å². The summed E-state index contributed by atoms with van der Waals surface area (Å²) in [6.07, 6.45) is 1.33. The van der Waals surface area contributed by atoms with E-state index in [1.54, 1.807) is 43.3 Å². The molecule has 0 aromatic heterocycles. The van der Waals surface area contributed by atoms with Crippen LogP contribution in [0, 0.1) is 0 Å². The number of carbonyl (C=O) groups is 3. The Balaban J connectivity index is 1.17. The predicted molar refractivity (Wildman–Crippen MR) is 162 cm³/mol. The van der Waals surface area contributed by atoms with Crippen LogP contribution in [0.4, 0.5) is 0 Å². The fraction of sp³-hybridized carbons (Fsp3) is 0.382. The van der Waals surface area contributed by atoms with Crippen LogP contribution in [0.15, 0.2) is 72.8 Å². The van der Waals surface area contributed by atoms with E-state index in [9.17, 15) is 19.5 Å². The molecule has 3 aromatic carbocycles. The molecular formula is C34H38O11. The number of carboxylic acids is 1. The molecule has 4 rings (SSSR count). The highest BCUT2D eigenvalue weighted by Crippen LogP contribution is 2.26. The topological polar surface area (TPSA) is 150 Å². The Morgan fingerprint density at radius 3 is 1.98 bits per heavy atom. The quantitative estimate of drug-likeness (QED) is 0.100. The Bertz CT molecular complexity index is 1380. The van der Waals surface area contributed by atoms with Crippen LogP contribution in [-0.2, 0) is 19.0 Å². The van der Waals surface area contributed by atoms with E-state index in [0.29, 0.717) is 49.5 Å². The summed E-state index contributed by atoms with van der Waals surface area (Å²) in [6.45, 7) is 2.54. The predicted octanol–water partition coefficient (Wildman–Crippen LogP) is 5.43. The number of aliphatic hydroxyl groups excluding tert-OH is 1. The van der Waals surface area contributed by atoms with Crippen LogP contribution >= 0.6 is 0 Å². The van der Waals surface area contributed by atoms with Crippen LogP contribution in [-0.4, -0.2) is 72.9 Å². The number of epoxide rings is 1. The number of aliphatic hydroxyl groups is 1. The van der Waals surface area contributed by atoms with Gasteiger partial charge in [0.2, 0.25) is 0 Å². The van der Waals surface area contributed by atoms with Crippen molar-refractivity contribution < 1.29 is 53.0 Å². The summed E-state index contributed by atoms with van der Waals surface area (Å²) in [7, 11) is 0. The summed E-state index contributed by atoms with van der Waals surface area (Å²) in [5.41, 5.74) is 0.0797. The molecule has 0 radical (unpaired) electrons. The standard InChI is InChI=1S/C34H38O11/c1-23(7-3-2-4-10-32(36)37)44-34(39)31-9-6-5-8-30(31)33(38)43-20-24(35)19-40-25-11-15-27(16-12-25)45-28-17-13-26(14-18-28)41-21-29-22-42-29/h5-6,8-9,11-18,23-24,29,35H,2-4,7,10,19-22H2,1H3,(H,36,37). The van der Waals surface area contributed by atoms with Gasteiger partial charge >= 0.3 is 17.9 Å². The van der Waals surface area contributed by atoms with Crippen LogP contribution in [0.25, 0.3) is 0 Å². The third-order valence-electron chi connectivity index (χ3n) is 6.75. The number of carbonyl (C=O) groups excluding carboxylic acids is 2. The van der Waals surface area contributed by atoms with Gasteiger partial charge in [-0.3, -0.25) is 4.79 Å². The van der Waals surface area contributed by atoms with Crippen molar-refractivity contribution >= 4 is 17.9 Å². The summed E-state index contributed by atoms with van der Waals surface area (Å²) >= 11 is 0. The minimum absolute atomic E-state index is 0.0230. The zero-order chi connectivity index (χ0) is 32.0. The molecule has 0 spiro atoms. The first-order valence-electron chi connectivity index (χ1n) is 14.9. The first-order valence-corrected chi connectivity index (χ1v) is 14.9. The van der Waals surface area contributed by atoms with Gasteiger partial charge in [0.25, 0.3) is 0 Å². The lowest BCUT2D eigenvalue weighted by Crippen LogP contribution is -2.26. The highest BCUT2D eigenvalue weighted by atomic mass is 16.6. The van der Waals surface area contributed by atoms with Crippen molar-refractivity contribution in [2.45, 2.75) is 57.3 Å². The minimum Gasteiger partial charge on any atom is -0.491 e. The van der Waals surface area contributed by atoms with E-state index >= 15 is 0 Å². The van der Waals surface area contributed by atoms with Gasteiger partial charge in [-0.25, -0.2) is 9.59 Å². The van der Waals surface area contributed by atoms with Crippen molar-refractivity contribution in [3.8, 4) is 23.0 Å². The molecule has 45 heavy (non-hydrogen) atoms. The molecule has 1 heterocycles. The largest absolute Gasteiger partial charge is 0.491 e. The number of hydrogen-bond acceptors (Lipinski definition) is 10. The van der Waals surface area contributed by atoms with Gasteiger partial charge in [-0.15, -0.1) is 0 Å². The van der Waals surface area contributed by atoms with Crippen LogP contribution in [0.1, 0.15) is 59.7 Å². The second kappa shape index (κ2) is 17.0. The fourth-order valence-corrected chi connectivity index (χ4v) is 4.22. The molecule has 3 atom stereocenters. The second-order valence-corrected chi connectivity index (χ2v) is 10.6. The van der Waals surface area contributed by atoms with Crippen LogP contribution in [0.3, 0.4) is 0 Å². The Morgan fingerprint density at radius 2 is 1.38 bits per heavy atom. The summed E-state index contributed by atoms with van der Waals surface area (Å²) in [4.78, 5) is 36.1. The van der Waals surface area contributed by atoms with E-state index in [0.717, 1.165) is 12.4 Å². The monoisotopic (exact) mass is 622 g/mol. The maximum absolute atomic E-state index is 12.7. The van der Waals surface area contributed by atoms with Crippen LogP contribution < -0.4 is 14.2 Å². The van der Waals surface area contributed by atoms with E-state index in [2.05, 4.69) is 0 Å². The van der Waals surface area contributed by atoms with E-state index in [-0.39, 0.29) is 36.9 Å². The third-order valence-corrected chi connectivity index (χ3v) is 6.75. The minimum atomic E-state index is -1.11. The molecule has 240 valence electrons. The maximum atomic E-state index is 12.7. The SMILES string of the molecule is CC(CCCCCC(=O)O)OC(=O)c1ccccc1C(=O)OCC(O)COc1ccc(Oc2ccc(OCC3CO3)cc2)cc1. The van der Waals surface area contributed by atoms with Crippen molar-refractivity contribution in [2.75, 3.05) is 26.4 Å². The molecule has 11 heteroatoms. The van der Waals surface area contributed by atoms with Gasteiger partial charge in [-0.1, -0.05) is 18.6 Å². The van der Waals surface area contributed by atoms with E-state index in [1.807, 2.05) is 24.3 Å². The molecule has 3 aromatic rings. The molecule has 0 amide bonds. The molecule has 1 aliphatic rings. The van der Waals surface area contributed by atoms with Crippen molar-refractivity contribution in [1.82, 2.24) is 0 Å². The number of rotatable bonds is 19. The molecule has 2 N–H and O–H groups in total. The number of benzene rings is 3. The average Bonchev–Trinajstić information content (AvgIpc) is 3.87. The molecule has 0 aliphatic carbocycles. The molecular weight excluding hydrogens is 584 g/mol. The molecule has 0 bridgehead atoms. The van der Waals surface area contributed by atoms with Gasteiger partial charge in [0.1, 0.15) is 55.0 Å². The highest BCUT2D eigenvalue weighted by Gasteiger charge is 2.23. The molecule has 1 fully saturated rings. The van der Waals surface area contributed by atoms with Gasteiger partial charge in [-0.05, 0) is 86.8 Å². The summed E-state index contributed by atoms with van der Waals surface area (Å²) < 4.78 is 32.9. The van der Waals surface area contributed by atoms with Crippen molar-refractivity contribution in [3.63, 3.8) is 0 Å². The molecule has 1 aliphatic heterocycles. The van der Waals surface area contributed by atoms with Crippen molar-refractivity contribution in [2.24, 2.45) is 0 Å². The smallest absolute Gasteiger partial charge is 0.339 e. The summed E-state index contributed by atoms with van der Waals surface area (Å²) in [6, 6.07) is 20.3. The Morgan fingerprint density at radius 1 is 0.800 bits per heavy atom. The van der Waals surface area contributed by atoms with E-state index < -0.39 is 30.1 Å². The average molecular weight is 623 g/mol. The first kappa shape index (κ1) is 33.3. The lowest BCUT2D eigenvalue weighted by molar-refractivity contribution is -0.137. The van der Waals surface area contributed by atoms with Gasteiger partial charge < -0.3 is 38.6 Å². The maximum Gasteiger partial charge on any atom is 0.339 e. The zero-order valence-electron chi connectivity index (χ0n) is 25.1. The lowest BCUT2D eigenvalue weighted by Gasteiger charge is -2.16. The number of aliphatic carboxylic acids is 1. The molecule has 1 saturated heterocycles. The number of ether oxygens (including phenoxy) is 6. The highest BCUT2D eigenvalue weighted by molar-refractivity contribution is 6.03. The number of esters is 2. The second-order valence-electron chi connectivity index (χ2n) is 10.6. The Kier molecular flexibility index (Phi) is 12.6. The Labute approximate surface area is 261 Å². The zero-order valence-corrected chi connectivity index (χ0v) is 25.1. The van der Waals surface area contributed by atoms with Gasteiger partial charge in [0, 0.05) is 6.42 Å². The lowest BCUT2D eigenvalue weighted by atomic mass is 10.1. The fourth-order valence-electron chi connectivity index (χ4n) is 4.22. The number of carboxylic acid groups (broad SMARTS) is 1. The molecule has 3 unspecified atom stereocenters. The van der Waals surface area contributed by atoms with E-state index in [4.69, 9.17) is 33.5 Å². The molecule has 11 nitrogen and oxygen atoms in total. The van der Waals surface area contributed by atoms with Gasteiger partial charge in [0.05, 0.1) is 23.8 Å². The van der Waals surface area contributed by atoms with Gasteiger partial charge in [-0.2, -0.15) is 0 Å². The number of unbranched alkanes of at least 4 members (excludes halogenated alkanes) is 2. The van der Waals surface area contributed by atoms with Crippen LogP contribution in [0.2, 0.25) is 0 Å². The molecule has 0 saturated carbocycles. The van der Waals surface area contributed by atoms with E-state index in [1.165, 1.54) is 12.1 Å². The normalized spacial score (nSPS) is 14.9. The Hall–Kier alpha value is -4.61. The summed E-state index contributed by atoms with van der Waals surface area (Å²) in [5, 5.41) is 19.0. The van der Waals surface area contributed by atoms with Crippen LogP contribution in [0.5, 0.6) is 23.0 Å². The van der Waals surface area contributed by atoms with Gasteiger partial charge in [0.15, 0.2) is 0 Å². The third kappa shape index (κ3) is 11.8. The summed E-state index contributed by atoms with van der Waals surface area (Å²) in [5.74, 6) is 0.192. The van der Waals surface area contributed by atoms with Crippen molar-refractivity contribution in [1.29, 1.82) is 0 Å². The number of hydrogen-bond donors (Lipinski definition) is 2. The first-order chi connectivity index (χ1) is 21.8.